The zero-order valence-corrected chi connectivity index (χ0v) is 12.8. The van der Waals surface area contributed by atoms with E-state index in [4.69, 9.17) is 4.52 Å². The van der Waals surface area contributed by atoms with Crippen LogP contribution in [0.15, 0.2) is 4.52 Å². The summed E-state index contributed by atoms with van der Waals surface area (Å²) in [6, 6.07) is -0.837. The maximum absolute atomic E-state index is 12.2. The van der Waals surface area contributed by atoms with Gasteiger partial charge in [0.2, 0.25) is 17.7 Å². The van der Waals surface area contributed by atoms with Gasteiger partial charge in [0.15, 0.2) is 5.82 Å². The molecule has 2 unspecified atom stereocenters. The molecule has 0 aromatic carbocycles. The third-order valence-electron chi connectivity index (χ3n) is 3.64. The molecule has 7 heteroatoms. The summed E-state index contributed by atoms with van der Waals surface area (Å²) in [6.07, 6.45) is 3.03. The van der Waals surface area contributed by atoms with Crippen molar-refractivity contribution in [3.8, 4) is 0 Å². The minimum Gasteiger partial charge on any atom is -0.343 e. The fourth-order valence-electron chi connectivity index (χ4n) is 2.38. The summed E-state index contributed by atoms with van der Waals surface area (Å²) >= 11 is 0. The highest BCUT2D eigenvalue weighted by Gasteiger charge is 2.30. The van der Waals surface area contributed by atoms with Gasteiger partial charge >= 0.3 is 0 Å². The zero-order valence-electron chi connectivity index (χ0n) is 12.8. The molecule has 1 aliphatic heterocycles. The molecule has 1 N–H and O–H groups in total. The van der Waals surface area contributed by atoms with Crippen molar-refractivity contribution in [3.05, 3.63) is 11.7 Å². The Bertz CT molecular complexity index is 514. The molecule has 0 aliphatic carbocycles. The fraction of sp³-hybridized carbons (Fsp3) is 0.714. The van der Waals surface area contributed by atoms with Crippen molar-refractivity contribution in [2.24, 2.45) is 0 Å². The van der Waals surface area contributed by atoms with Gasteiger partial charge in [0.05, 0.1) is 0 Å². The number of aromatic nitrogens is 2. The molecule has 1 aromatic rings. The predicted molar refractivity (Wildman–Crippen MR) is 75.3 cm³/mol. The lowest BCUT2D eigenvalue weighted by Crippen LogP contribution is -2.46. The van der Waals surface area contributed by atoms with Gasteiger partial charge in [-0.3, -0.25) is 9.59 Å². The number of likely N-dealkylation sites (tertiary alicyclic amines) is 1. The lowest BCUT2D eigenvalue weighted by atomic mass is 10.2. The summed E-state index contributed by atoms with van der Waals surface area (Å²) in [4.78, 5) is 29.7. The second-order valence-corrected chi connectivity index (χ2v) is 5.40. The van der Waals surface area contributed by atoms with Gasteiger partial charge < -0.3 is 14.7 Å². The second-order valence-electron chi connectivity index (χ2n) is 5.40. The Morgan fingerprint density at radius 2 is 2.24 bits per heavy atom. The first-order valence-electron chi connectivity index (χ1n) is 7.45. The van der Waals surface area contributed by atoms with Crippen LogP contribution < -0.4 is 5.32 Å². The van der Waals surface area contributed by atoms with Crippen LogP contribution in [0.2, 0.25) is 0 Å². The quantitative estimate of drug-likeness (QED) is 0.852. The van der Waals surface area contributed by atoms with E-state index < -0.39 is 6.04 Å². The van der Waals surface area contributed by atoms with E-state index >= 15 is 0 Å². The summed E-state index contributed by atoms with van der Waals surface area (Å²) < 4.78 is 5.15. The van der Waals surface area contributed by atoms with Gasteiger partial charge in [-0.15, -0.1) is 0 Å². The van der Waals surface area contributed by atoms with Crippen LogP contribution in [0.25, 0.3) is 0 Å². The molecule has 2 heterocycles. The van der Waals surface area contributed by atoms with Crippen molar-refractivity contribution in [1.29, 1.82) is 0 Å². The van der Waals surface area contributed by atoms with E-state index in [0.717, 1.165) is 19.3 Å². The lowest BCUT2D eigenvalue weighted by molar-refractivity contribution is -0.137. The second kappa shape index (κ2) is 6.69. The van der Waals surface area contributed by atoms with Gasteiger partial charge in [0, 0.05) is 19.4 Å². The van der Waals surface area contributed by atoms with Crippen LogP contribution >= 0.6 is 0 Å². The Balaban J connectivity index is 1.93. The lowest BCUT2D eigenvalue weighted by Gasteiger charge is -2.24. The first-order chi connectivity index (χ1) is 10.0. The van der Waals surface area contributed by atoms with Crippen molar-refractivity contribution in [2.75, 3.05) is 6.54 Å². The minimum atomic E-state index is -0.472. The Kier molecular flexibility index (Phi) is 4.93. The number of hydrogen-bond acceptors (Lipinski definition) is 5. The van der Waals surface area contributed by atoms with Crippen LogP contribution in [0.5, 0.6) is 0 Å². The van der Waals surface area contributed by atoms with Crippen LogP contribution in [-0.4, -0.2) is 39.4 Å². The van der Waals surface area contributed by atoms with Crippen molar-refractivity contribution < 1.29 is 14.1 Å². The molecule has 0 saturated carbocycles. The third-order valence-corrected chi connectivity index (χ3v) is 3.64. The van der Waals surface area contributed by atoms with Gasteiger partial charge in [-0.25, -0.2) is 0 Å². The number of carbonyl (C=O) groups excluding carboxylic acids is 2. The van der Waals surface area contributed by atoms with E-state index in [-0.39, 0.29) is 17.9 Å². The van der Waals surface area contributed by atoms with Crippen LogP contribution in [0, 0.1) is 0 Å². The fourth-order valence-corrected chi connectivity index (χ4v) is 2.38. The summed E-state index contributed by atoms with van der Waals surface area (Å²) in [5, 5.41) is 6.69. The van der Waals surface area contributed by atoms with E-state index in [9.17, 15) is 9.59 Å². The molecule has 1 fully saturated rings. The Morgan fingerprint density at radius 3 is 2.86 bits per heavy atom. The average molecular weight is 294 g/mol. The van der Waals surface area contributed by atoms with Crippen LogP contribution in [0.4, 0.5) is 0 Å². The predicted octanol–water partition coefficient (Wildman–Crippen LogP) is 1.21. The molecule has 0 bridgehead atoms. The Hall–Kier alpha value is -1.92. The van der Waals surface area contributed by atoms with E-state index in [1.54, 1.807) is 18.7 Å². The molecule has 21 heavy (non-hydrogen) atoms. The normalized spacial score (nSPS) is 17.9. The Labute approximate surface area is 124 Å². The molecule has 0 spiro atoms. The molecule has 1 saturated heterocycles. The molecule has 2 atom stereocenters. The largest absolute Gasteiger partial charge is 0.343 e. The number of nitrogens with one attached hydrogen (secondary N) is 1. The van der Waals surface area contributed by atoms with E-state index in [1.165, 1.54) is 0 Å². The molecule has 1 aliphatic rings. The molecule has 1 aromatic heterocycles. The molecule has 2 amide bonds. The van der Waals surface area contributed by atoms with Gasteiger partial charge in [0.25, 0.3) is 0 Å². The van der Waals surface area contributed by atoms with Crippen molar-refractivity contribution in [2.45, 2.75) is 58.5 Å². The molecular weight excluding hydrogens is 272 g/mol. The Morgan fingerprint density at radius 1 is 1.48 bits per heavy atom. The third kappa shape index (κ3) is 3.59. The number of nitrogens with zero attached hydrogens (tertiary/aromatic N) is 3. The SMILES string of the molecule is CCCc1noc(C(C)NC(=O)C(C)N2CCCC2=O)n1. The van der Waals surface area contributed by atoms with Gasteiger partial charge in [0.1, 0.15) is 12.1 Å². The maximum atomic E-state index is 12.2. The molecule has 7 nitrogen and oxygen atoms in total. The summed E-state index contributed by atoms with van der Waals surface area (Å²) in [7, 11) is 0. The maximum Gasteiger partial charge on any atom is 0.248 e. The molecular formula is C14H22N4O3. The summed E-state index contributed by atoms with van der Waals surface area (Å²) in [6.45, 7) is 6.21. The summed E-state index contributed by atoms with van der Waals surface area (Å²) in [5.41, 5.74) is 0. The number of amides is 2. The van der Waals surface area contributed by atoms with Gasteiger partial charge in [-0.2, -0.15) is 4.98 Å². The molecule has 2 rings (SSSR count). The summed E-state index contributed by atoms with van der Waals surface area (Å²) in [5.74, 6) is 0.879. The highest BCUT2D eigenvalue weighted by atomic mass is 16.5. The number of rotatable bonds is 6. The van der Waals surface area contributed by atoms with Crippen molar-refractivity contribution in [1.82, 2.24) is 20.4 Å². The minimum absolute atomic E-state index is 0.0355. The first kappa shape index (κ1) is 15.5. The molecule has 0 radical (unpaired) electrons. The van der Waals surface area contributed by atoms with Crippen LogP contribution in [0.1, 0.15) is 57.8 Å². The average Bonchev–Trinajstić information content (AvgIpc) is 3.07. The smallest absolute Gasteiger partial charge is 0.248 e. The van der Waals surface area contributed by atoms with Gasteiger partial charge in [-0.1, -0.05) is 12.1 Å². The van der Waals surface area contributed by atoms with Gasteiger partial charge in [-0.05, 0) is 26.7 Å². The van der Waals surface area contributed by atoms with Crippen LogP contribution in [-0.2, 0) is 16.0 Å². The molecule has 116 valence electrons. The highest BCUT2D eigenvalue weighted by molar-refractivity contribution is 5.88. The number of hydrogen-bond donors (Lipinski definition) is 1. The van der Waals surface area contributed by atoms with E-state index in [1.807, 2.05) is 6.92 Å². The monoisotopic (exact) mass is 294 g/mol. The number of aryl methyl sites for hydroxylation is 1. The van der Waals surface area contributed by atoms with E-state index in [0.29, 0.717) is 24.7 Å². The highest BCUT2D eigenvalue weighted by Crippen LogP contribution is 2.15. The van der Waals surface area contributed by atoms with Crippen LogP contribution in [0.3, 0.4) is 0 Å². The standard InChI is InChI=1S/C14H22N4O3/c1-4-6-11-16-14(21-17-11)9(2)15-13(20)10(3)18-8-5-7-12(18)19/h9-10H,4-8H2,1-3H3,(H,15,20). The zero-order chi connectivity index (χ0) is 15.4. The van der Waals surface area contributed by atoms with Crippen molar-refractivity contribution >= 4 is 11.8 Å². The van der Waals surface area contributed by atoms with E-state index in [2.05, 4.69) is 15.5 Å². The number of carbonyl (C=O) groups is 2. The topological polar surface area (TPSA) is 88.3 Å². The van der Waals surface area contributed by atoms with Crippen molar-refractivity contribution in [3.63, 3.8) is 0 Å². The first-order valence-corrected chi connectivity index (χ1v) is 7.45.